The third-order valence-corrected chi connectivity index (χ3v) is 2.44. The van der Waals surface area contributed by atoms with E-state index in [0.717, 1.165) is 10.9 Å². The van der Waals surface area contributed by atoms with Crippen LogP contribution < -0.4 is 10.6 Å². The molecule has 1 heterocycles. The number of nitrogens with one attached hydrogen (secondary N) is 2. The molecule has 0 bridgehead atoms. The van der Waals surface area contributed by atoms with Crippen LogP contribution in [0.2, 0.25) is 0 Å². The number of alkyl carbamates (subject to hydrolysis) is 1. The van der Waals surface area contributed by atoms with Crippen LogP contribution in [0.4, 0.5) is 18.0 Å². The summed E-state index contributed by atoms with van der Waals surface area (Å²) >= 11 is 0. The first-order chi connectivity index (χ1) is 10.4. The second-order valence-electron chi connectivity index (χ2n) is 5.83. The number of aromatic nitrogens is 2. The number of rotatable bonds is 4. The van der Waals surface area contributed by atoms with E-state index >= 15 is 0 Å². The van der Waals surface area contributed by atoms with Gasteiger partial charge in [0.05, 0.1) is 12.1 Å². The fourth-order valence-electron chi connectivity index (χ4n) is 1.61. The van der Waals surface area contributed by atoms with Crippen LogP contribution in [0, 0.1) is 0 Å². The average molecular weight is 336 g/mol. The number of ether oxygens (including phenoxy) is 1. The minimum absolute atomic E-state index is 0.122. The summed E-state index contributed by atoms with van der Waals surface area (Å²) in [5.74, 6) is -0.940. The fourth-order valence-corrected chi connectivity index (χ4v) is 1.61. The van der Waals surface area contributed by atoms with E-state index in [1.54, 1.807) is 20.8 Å². The Morgan fingerprint density at radius 1 is 1.30 bits per heavy atom. The van der Waals surface area contributed by atoms with Gasteiger partial charge in [-0.3, -0.25) is 9.48 Å². The zero-order valence-corrected chi connectivity index (χ0v) is 13.2. The summed E-state index contributed by atoms with van der Waals surface area (Å²) in [5, 5.41) is 8.02. The normalized spacial score (nSPS) is 12.0. The maximum atomic E-state index is 12.7. The van der Waals surface area contributed by atoms with Gasteiger partial charge in [0.15, 0.2) is 5.69 Å². The first-order valence-electron chi connectivity index (χ1n) is 6.74. The third-order valence-electron chi connectivity index (χ3n) is 2.44. The summed E-state index contributed by atoms with van der Waals surface area (Å²) in [5.41, 5.74) is -2.32. The monoisotopic (exact) mass is 336 g/mol. The molecular formula is C13H19F3N4O3. The lowest BCUT2D eigenvalue weighted by molar-refractivity contribution is -0.141. The van der Waals surface area contributed by atoms with Gasteiger partial charge in [-0.25, -0.2) is 4.79 Å². The largest absolute Gasteiger partial charge is 0.448 e. The number of hydrogen-bond donors (Lipinski definition) is 2. The highest BCUT2D eigenvalue weighted by Crippen LogP contribution is 2.30. The van der Waals surface area contributed by atoms with Crippen LogP contribution in [0.15, 0.2) is 6.20 Å². The number of aryl methyl sites for hydroxylation is 1. The van der Waals surface area contributed by atoms with Crippen LogP contribution in [0.25, 0.3) is 0 Å². The van der Waals surface area contributed by atoms with Crippen molar-refractivity contribution in [2.45, 2.75) is 32.5 Å². The van der Waals surface area contributed by atoms with E-state index in [2.05, 4.69) is 15.7 Å². The Morgan fingerprint density at radius 2 is 1.91 bits per heavy atom. The maximum absolute atomic E-state index is 12.7. The molecule has 23 heavy (non-hydrogen) atoms. The fraction of sp³-hybridized carbons (Fsp3) is 0.615. The van der Waals surface area contributed by atoms with Crippen LogP contribution in [-0.4, -0.2) is 40.5 Å². The summed E-state index contributed by atoms with van der Waals surface area (Å²) in [7, 11) is 1.28. The lowest BCUT2D eigenvalue weighted by atomic mass is 10.1. The molecule has 0 saturated heterocycles. The lowest BCUT2D eigenvalue weighted by Gasteiger charge is -2.19. The van der Waals surface area contributed by atoms with Gasteiger partial charge in [0.1, 0.15) is 6.61 Å². The van der Waals surface area contributed by atoms with Crippen LogP contribution >= 0.6 is 0 Å². The molecule has 2 amide bonds. The highest BCUT2D eigenvalue weighted by Gasteiger charge is 2.38. The summed E-state index contributed by atoms with van der Waals surface area (Å²) < 4.78 is 43.9. The van der Waals surface area contributed by atoms with Gasteiger partial charge in [0, 0.05) is 18.8 Å². The van der Waals surface area contributed by atoms with E-state index in [0.29, 0.717) is 0 Å². The average Bonchev–Trinajstić information content (AvgIpc) is 2.74. The molecule has 0 spiro atoms. The van der Waals surface area contributed by atoms with Crippen molar-refractivity contribution in [1.29, 1.82) is 0 Å². The van der Waals surface area contributed by atoms with Gasteiger partial charge in [-0.2, -0.15) is 18.3 Å². The van der Waals surface area contributed by atoms with Crippen molar-refractivity contribution in [2.24, 2.45) is 7.05 Å². The molecule has 0 radical (unpaired) electrons. The standard InChI is InChI=1S/C13H19F3N4O3/c1-12(2,3)18-11(22)23-6-5-17-10(21)8-7-20(4)19-9(8)13(14,15)16/h7H,5-6H2,1-4H3,(H,17,21)(H,18,22). The van der Waals surface area contributed by atoms with E-state index in [9.17, 15) is 22.8 Å². The topological polar surface area (TPSA) is 85.2 Å². The van der Waals surface area contributed by atoms with Gasteiger partial charge in [-0.1, -0.05) is 0 Å². The van der Waals surface area contributed by atoms with E-state index in [1.165, 1.54) is 7.05 Å². The molecule has 130 valence electrons. The molecule has 1 aromatic rings. The molecule has 1 aromatic heterocycles. The smallest absolute Gasteiger partial charge is 0.435 e. The van der Waals surface area contributed by atoms with Gasteiger partial charge in [-0.15, -0.1) is 0 Å². The summed E-state index contributed by atoms with van der Waals surface area (Å²) in [6.07, 6.45) is -4.42. The minimum Gasteiger partial charge on any atom is -0.448 e. The van der Waals surface area contributed by atoms with Gasteiger partial charge < -0.3 is 15.4 Å². The second kappa shape index (κ2) is 6.88. The van der Waals surface area contributed by atoms with Crippen molar-refractivity contribution in [3.05, 3.63) is 17.5 Å². The number of carbonyl (C=O) groups is 2. The van der Waals surface area contributed by atoms with Gasteiger partial charge in [0.25, 0.3) is 5.91 Å². The first kappa shape index (κ1) is 18.8. The first-order valence-corrected chi connectivity index (χ1v) is 6.74. The van der Waals surface area contributed by atoms with Crippen molar-refractivity contribution >= 4 is 12.0 Å². The van der Waals surface area contributed by atoms with Crippen LogP contribution in [0.1, 0.15) is 36.8 Å². The molecule has 0 saturated carbocycles. The van der Waals surface area contributed by atoms with Crippen LogP contribution in [-0.2, 0) is 18.0 Å². The van der Waals surface area contributed by atoms with E-state index in [1.807, 2.05) is 0 Å². The Labute approximate surface area is 131 Å². The third kappa shape index (κ3) is 6.17. The number of hydrogen-bond acceptors (Lipinski definition) is 4. The Kier molecular flexibility index (Phi) is 5.62. The Hall–Kier alpha value is -2.26. The molecule has 0 unspecified atom stereocenters. The number of carbonyl (C=O) groups excluding carboxylic acids is 2. The zero-order valence-electron chi connectivity index (χ0n) is 13.2. The maximum Gasteiger partial charge on any atom is 0.435 e. The van der Waals surface area contributed by atoms with Crippen molar-refractivity contribution in [2.75, 3.05) is 13.2 Å². The molecular weight excluding hydrogens is 317 g/mol. The quantitative estimate of drug-likeness (QED) is 0.820. The Morgan fingerprint density at radius 3 is 2.43 bits per heavy atom. The molecule has 0 aliphatic heterocycles. The van der Waals surface area contributed by atoms with Crippen LogP contribution in [0.5, 0.6) is 0 Å². The SMILES string of the molecule is Cn1cc(C(=O)NCCOC(=O)NC(C)(C)C)c(C(F)(F)F)n1. The summed E-state index contributed by atoms with van der Waals surface area (Å²) in [4.78, 5) is 23.1. The second-order valence-corrected chi connectivity index (χ2v) is 5.83. The van der Waals surface area contributed by atoms with Gasteiger partial charge in [-0.05, 0) is 20.8 Å². The molecule has 1 rings (SSSR count). The number of halogens is 3. The Bertz CT molecular complexity index is 576. The van der Waals surface area contributed by atoms with Crippen molar-refractivity contribution < 1.29 is 27.5 Å². The van der Waals surface area contributed by atoms with Gasteiger partial charge in [0.2, 0.25) is 0 Å². The summed E-state index contributed by atoms with van der Waals surface area (Å²) in [6.45, 7) is 4.99. The summed E-state index contributed by atoms with van der Waals surface area (Å²) in [6, 6.07) is 0. The molecule has 7 nitrogen and oxygen atoms in total. The van der Waals surface area contributed by atoms with E-state index in [-0.39, 0.29) is 13.2 Å². The van der Waals surface area contributed by atoms with Crippen molar-refractivity contribution in [3.8, 4) is 0 Å². The molecule has 0 aromatic carbocycles. The molecule has 0 aliphatic carbocycles. The Balaban J connectivity index is 2.51. The van der Waals surface area contributed by atoms with E-state index in [4.69, 9.17) is 4.74 Å². The van der Waals surface area contributed by atoms with Gasteiger partial charge >= 0.3 is 12.3 Å². The number of amides is 2. The molecule has 2 N–H and O–H groups in total. The predicted octanol–water partition coefficient (Wildman–Crippen LogP) is 1.69. The molecule has 0 aliphatic rings. The van der Waals surface area contributed by atoms with Crippen molar-refractivity contribution in [3.63, 3.8) is 0 Å². The predicted molar refractivity (Wildman–Crippen MR) is 74.8 cm³/mol. The molecule has 10 heteroatoms. The highest BCUT2D eigenvalue weighted by molar-refractivity contribution is 5.95. The minimum atomic E-state index is -4.73. The molecule has 0 fully saturated rings. The van der Waals surface area contributed by atoms with Crippen molar-refractivity contribution in [1.82, 2.24) is 20.4 Å². The lowest BCUT2D eigenvalue weighted by Crippen LogP contribution is -2.41. The highest BCUT2D eigenvalue weighted by atomic mass is 19.4. The van der Waals surface area contributed by atoms with Crippen LogP contribution in [0.3, 0.4) is 0 Å². The number of alkyl halides is 3. The zero-order chi connectivity index (χ0) is 17.8. The van der Waals surface area contributed by atoms with E-state index < -0.39 is 35.0 Å². The number of nitrogens with zero attached hydrogens (tertiary/aromatic N) is 2. The molecule has 0 atom stereocenters.